The Balaban J connectivity index is 1.57. The van der Waals surface area contributed by atoms with Crippen LogP contribution < -0.4 is 5.32 Å². The van der Waals surface area contributed by atoms with Crippen LogP contribution in [-0.4, -0.2) is 22.2 Å². The fraction of sp³-hybridized carbons (Fsp3) is 0.0952. The van der Waals surface area contributed by atoms with E-state index in [1.807, 2.05) is 12.1 Å². The molecule has 29 heavy (non-hydrogen) atoms. The van der Waals surface area contributed by atoms with Crippen molar-refractivity contribution in [3.05, 3.63) is 83.7 Å². The number of anilines is 1. The van der Waals surface area contributed by atoms with Crippen LogP contribution >= 0.6 is 0 Å². The number of carbonyl (C=O) groups is 1. The molecule has 0 bridgehead atoms. The van der Waals surface area contributed by atoms with Crippen LogP contribution in [0.25, 0.3) is 11.1 Å². The van der Waals surface area contributed by atoms with E-state index in [4.69, 9.17) is 0 Å². The van der Waals surface area contributed by atoms with Crippen molar-refractivity contribution in [3.63, 3.8) is 0 Å². The highest BCUT2D eigenvalue weighted by Gasteiger charge is 2.30. The minimum absolute atomic E-state index is 0.242. The van der Waals surface area contributed by atoms with Crippen LogP contribution in [0.4, 0.5) is 23.7 Å². The van der Waals surface area contributed by atoms with Gasteiger partial charge in [0, 0.05) is 23.6 Å². The van der Waals surface area contributed by atoms with Crippen molar-refractivity contribution in [3.8, 4) is 11.1 Å². The van der Waals surface area contributed by atoms with Crippen LogP contribution in [0.15, 0.2) is 72.1 Å². The Morgan fingerprint density at radius 3 is 2.52 bits per heavy atom. The second-order valence-electron chi connectivity index (χ2n) is 6.47. The highest BCUT2D eigenvalue weighted by molar-refractivity contribution is 5.93. The van der Waals surface area contributed by atoms with Crippen LogP contribution in [0, 0.1) is 0 Å². The molecule has 3 aromatic rings. The van der Waals surface area contributed by atoms with Gasteiger partial charge in [0.1, 0.15) is 0 Å². The summed E-state index contributed by atoms with van der Waals surface area (Å²) in [6, 6.07) is 13.5. The maximum absolute atomic E-state index is 12.8. The summed E-state index contributed by atoms with van der Waals surface area (Å²) in [6.45, 7) is 0.242. The zero-order chi connectivity index (χ0) is 20.4. The fourth-order valence-electron chi connectivity index (χ4n) is 2.97. The topological polar surface area (TPSA) is 57.6 Å². The minimum Gasteiger partial charge on any atom is -0.306 e. The Bertz CT molecular complexity index is 1060. The van der Waals surface area contributed by atoms with Crippen LogP contribution in [0.3, 0.4) is 0 Å². The molecule has 2 amide bonds. The van der Waals surface area contributed by atoms with E-state index in [-0.39, 0.29) is 12.6 Å². The number of pyridine rings is 1. The van der Waals surface area contributed by atoms with Gasteiger partial charge in [-0.1, -0.05) is 24.3 Å². The van der Waals surface area contributed by atoms with Crippen molar-refractivity contribution >= 4 is 17.9 Å². The van der Waals surface area contributed by atoms with Gasteiger partial charge in [0.15, 0.2) is 0 Å². The highest BCUT2D eigenvalue weighted by atomic mass is 19.4. The SMILES string of the molecule is O=C1Nc2ccc(-c3ccc(C(F)(F)F)cc3)cc2CN1/N=C/c1cccnc1. The molecular weight excluding hydrogens is 381 g/mol. The first-order chi connectivity index (χ1) is 13.9. The summed E-state index contributed by atoms with van der Waals surface area (Å²) in [4.78, 5) is 16.2. The summed E-state index contributed by atoms with van der Waals surface area (Å²) < 4.78 is 38.3. The van der Waals surface area contributed by atoms with E-state index in [0.717, 1.165) is 28.8 Å². The number of nitrogens with zero attached hydrogens (tertiary/aromatic N) is 3. The molecule has 0 fully saturated rings. The zero-order valence-electron chi connectivity index (χ0n) is 15.0. The smallest absolute Gasteiger partial charge is 0.306 e. The molecule has 1 aromatic heterocycles. The molecule has 0 spiro atoms. The van der Waals surface area contributed by atoms with Gasteiger partial charge in [-0.3, -0.25) is 4.98 Å². The summed E-state index contributed by atoms with van der Waals surface area (Å²) in [5.74, 6) is 0. The average Bonchev–Trinajstić information content (AvgIpc) is 2.72. The van der Waals surface area contributed by atoms with E-state index < -0.39 is 11.7 Å². The molecule has 0 saturated carbocycles. The van der Waals surface area contributed by atoms with Crippen molar-refractivity contribution in [2.75, 3.05) is 5.32 Å². The van der Waals surface area contributed by atoms with E-state index in [0.29, 0.717) is 11.3 Å². The average molecular weight is 396 g/mol. The number of benzene rings is 2. The Morgan fingerprint density at radius 1 is 1.07 bits per heavy atom. The molecule has 1 aliphatic rings. The third kappa shape index (κ3) is 4.11. The third-order valence-electron chi connectivity index (χ3n) is 4.48. The van der Waals surface area contributed by atoms with Gasteiger partial charge in [-0.15, -0.1) is 0 Å². The van der Waals surface area contributed by atoms with Crippen molar-refractivity contribution in [2.24, 2.45) is 5.10 Å². The van der Waals surface area contributed by atoms with Gasteiger partial charge >= 0.3 is 12.2 Å². The normalized spacial score (nSPS) is 14.0. The molecule has 146 valence electrons. The van der Waals surface area contributed by atoms with E-state index >= 15 is 0 Å². The van der Waals surface area contributed by atoms with Crippen molar-refractivity contribution in [2.45, 2.75) is 12.7 Å². The summed E-state index contributed by atoms with van der Waals surface area (Å²) in [5, 5.41) is 8.25. The van der Waals surface area contributed by atoms with Gasteiger partial charge in [-0.05, 0) is 47.0 Å². The van der Waals surface area contributed by atoms with Crippen molar-refractivity contribution in [1.29, 1.82) is 0 Å². The van der Waals surface area contributed by atoms with E-state index in [1.54, 1.807) is 30.6 Å². The Kier molecular flexibility index (Phi) is 4.75. The molecule has 4 rings (SSSR count). The number of carbonyl (C=O) groups excluding carboxylic acids is 1. The number of hydrogen-bond donors (Lipinski definition) is 1. The molecule has 5 nitrogen and oxygen atoms in total. The predicted octanol–water partition coefficient (Wildman–Crippen LogP) is 5.15. The number of alkyl halides is 3. The number of amides is 2. The summed E-state index contributed by atoms with van der Waals surface area (Å²) in [7, 11) is 0. The molecule has 0 atom stereocenters. The number of nitrogens with one attached hydrogen (secondary N) is 1. The predicted molar refractivity (Wildman–Crippen MR) is 103 cm³/mol. The molecule has 8 heteroatoms. The highest BCUT2D eigenvalue weighted by Crippen LogP contribution is 2.33. The first-order valence-corrected chi connectivity index (χ1v) is 8.73. The quantitative estimate of drug-likeness (QED) is 0.623. The lowest BCUT2D eigenvalue weighted by atomic mass is 10.00. The van der Waals surface area contributed by atoms with E-state index in [1.165, 1.54) is 23.4 Å². The molecule has 0 unspecified atom stereocenters. The summed E-state index contributed by atoms with van der Waals surface area (Å²) in [6.07, 6.45) is 0.439. The maximum Gasteiger partial charge on any atom is 0.416 e. The third-order valence-corrected chi connectivity index (χ3v) is 4.48. The minimum atomic E-state index is -4.37. The molecule has 0 saturated heterocycles. The summed E-state index contributed by atoms with van der Waals surface area (Å²) >= 11 is 0. The van der Waals surface area contributed by atoms with Gasteiger partial charge < -0.3 is 5.32 Å². The maximum atomic E-state index is 12.8. The molecule has 1 aliphatic heterocycles. The largest absolute Gasteiger partial charge is 0.416 e. The lowest BCUT2D eigenvalue weighted by Gasteiger charge is -2.26. The summed E-state index contributed by atoms with van der Waals surface area (Å²) in [5.41, 5.74) is 2.93. The number of urea groups is 1. The van der Waals surface area contributed by atoms with Crippen molar-refractivity contribution in [1.82, 2.24) is 9.99 Å². The Labute approximate surface area is 164 Å². The van der Waals surface area contributed by atoms with E-state index in [2.05, 4.69) is 15.4 Å². The molecule has 0 aliphatic carbocycles. The van der Waals surface area contributed by atoms with Crippen LogP contribution in [0.1, 0.15) is 16.7 Å². The number of halogens is 3. The van der Waals surface area contributed by atoms with Crippen LogP contribution in [-0.2, 0) is 12.7 Å². The lowest BCUT2D eigenvalue weighted by Crippen LogP contribution is -2.35. The molecule has 1 N–H and O–H groups in total. The molecule has 2 heterocycles. The number of aromatic nitrogens is 1. The lowest BCUT2D eigenvalue weighted by molar-refractivity contribution is -0.137. The van der Waals surface area contributed by atoms with Crippen LogP contribution in [0.2, 0.25) is 0 Å². The van der Waals surface area contributed by atoms with Gasteiger partial charge in [-0.25, -0.2) is 9.80 Å². The number of hydrogen-bond acceptors (Lipinski definition) is 3. The number of hydrazone groups is 1. The van der Waals surface area contributed by atoms with Gasteiger partial charge in [0.2, 0.25) is 0 Å². The fourth-order valence-corrected chi connectivity index (χ4v) is 2.97. The first kappa shape index (κ1) is 18.7. The Morgan fingerprint density at radius 2 is 1.83 bits per heavy atom. The van der Waals surface area contributed by atoms with Gasteiger partial charge in [0.25, 0.3) is 0 Å². The standard InChI is InChI=1S/C21H15F3N4O/c22-21(23,24)18-6-3-15(4-7-18)16-5-8-19-17(10-16)13-28(20(29)27-19)26-12-14-2-1-9-25-11-14/h1-12H,13H2,(H,27,29)/b26-12+. The van der Waals surface area contributed by atoms with E-state index in [9.17, 15) is 18.0 Å². The van der Waals surface area contributed by atoms with Gasteiger partial charge in [-0.2, -0.15) is 18.3 Å². The van der Waals surface area contributed by atoms with Crippen molar-refractivity contribution < 1.29 is 18.0 Å². The first-order valence-electron chi connectivity index (χ1n) is 8.73. The van der Waals surface area contributed by atoms with Gasteiger partial charge in [0.05, 0.1) is 18.3 Å². The molecular formula is C21H15F3N4O. The zero-order valence-corrected chi connectivity index (χ0v) is 15.0. The number of fused-ring (bicyclic) bond motifs is 1. The molecule has 0 radical (unpaired) electrons. The monoisotopic (exact) mass is 396 g/mol. The molecule has 2 aromatic carbocycles. The second-order valence-corrected chi connectivity index (χ2v) is 6.47. The number of rotatable bonds is 3. The Hall–Kier alpha value is -3.68. The van der Waals surface area contributed by atoms with Crippen LogP contribution in [0.5, 0.6) is 0 Å². The second kappa shape index (κ2) is 7.38.